The first-order chi connectivity index (χ1) is 14.5. The van der Waals surface area contributed by atoms with Gasteiger partial charge in [-0.3, -0.25) is 14.5 Å². The second-order valence-corrected chi connectivity index (χ2v) is 6.90. The van der Waals surface area contributed by atoms with E-state index in [1.165, 1.54) is 0 Å². The Kier molecular flexibility index (Phi) is 5.25. The summed E-state index contributed by atoms with van der Waals surface area (Å²) in [6.07, 6.45) is 6.98. The zero-order valence-corrected chi connectivity index (χ0v) is 16.8. The molecule has 0 aliphatic carbocycles. The number of amides is 1. The summed E-state index contributed by atoms with van der Waals surface area (Å²) >= 11 is 0. The molecule has 9 nitrogen and oxygen atoms in total. The normalized spacial score (nSPS) is 12.9. The minimum absolute atomic E-state index is 0.0794. The van der Waals surface area contributed by atoms with Crippen molar-refractivity contribution in [1.82, 2.24) is 25.1 Å². The van der Waals surface area contributed by atoms with Gasteiger partial charge in [-0.2, -0.15) is 5.10 Å². The monoisotopic (exact) mass is 402 g/mol. The van der Waals surface area contributed by atoms with Crippen molar-refractivity contribution in [3.8, 4) is 11.1 Å². The number of nitrogens with two attached hydrogens (primary N) is 1. The molecule has 4 heterocycles. The van der Waals surface area contributed by atoms with Crippen LogP contribution in [0.2, 0.25) is 0 Å². The van der Waals surface area contributed by atoms with Gasteiger partial charge in [0.25, 0.3) is 0 Å². The third-order valence-corrected chi connectivity index (χ3v) is 4.75. The van der Waals surface area contributed by atoms with Gasteiger partial charge in [-0.15, -0.1) is 0 Å². The van der Waals surface area contributed by atoms with Crippen molar-refractivity contribution in [2.45, 2.75) is 20.4 Å². The van der Waals surface area contributed by atoms with Crippen LogP contribution in [0.5, 0.6) is 0 Å². The maximum Gasteiger partial charge on any atom is 0.247 e. The van der Waals surface area contributed by atoms with E-state index >= 15 is 0 Å². The Balaban J connectivity index is 1.46. The quantitative estimate of drug-likeness (QED) is 0.601. The standard InChI is InChI=1S/C21H22N8O/c1-13-21(15-5-6-25-18(22)9-15)14(2)29(28-13)12-20(30)27-19-4-3-16(10-26-19)17-11-23-7-8-24-17/h3-6,8-11,23H,7,12H2,1-2H3,(H2,22,25)(H,26,27,30). The lowest BCUT2D eigenvalue weighted by Gasteiger charge is -2.09. The van der Waals surface area contributed by atoms with Crippen molar-refractivity contribution in [1.29, 1.82) is 0 Å². The van der Waals surface area contributed by atoms with Crippen LogP contribution in [-0.4, -0.2) is 38.4 Å². The number of carbonyl (C=O) groups excluding carboxylic acids is 1. The summed E-state index contributed by atoms with van der Waals surface area (Å²) in [6, 6.07) is 7.30. The minimum Gasteiger partial charge on any atom is -0.384 e. The molecule has 0 fully saturated rings. The molecule has 0 saturated carbocycles. The lowest BCUT2D eigenvalue weighted by atomic mass is 10.1. The van der Waals surface area contributed by atoms with E-state index in [1.54, 1.807) is 35.4 Å². The summed E-state index contributed by atoms with van der Waals surface area (Å²) in [5.74, 6) is 0.704. The summed E-state index contributed by atoms with van der Waals surface area (Å²) < 4.78 is 1.68. The first-order valence-corrected chi connectivity index (χ1v) is 9.49. The van der Waals surface area contributed by atoms with E-state index in [9.17, 15) is 4.79 Å². The highest BCUT2D eigenvalue weighted by Gasteiger charge is 2.16. The topological polar surface area (TPSA) is 123 Å². The number of hydrogen-bond acceptors (Lipinski definition) is 7. The van der Waals surface area contributed by atoms with Gasteiger partial charge in [-0.1, -0.05) is 0 Å². The van der Waals surface area contributed by atoms with E-state index in [-0.39, 0.29) is 12.5 Å². The van der Waals surface area contributed by atoms with Crippen LogP contribution in [0.15, 0.2) is 47.9 Å². The Morgan fingerprint density at radius 1 is 1.23 bits per heavy atom. The second-order valence-electron chi connectivity index (χ2n) is 6.90. The summed E-state index contributed by atoms with van der Waals surface area (Å²) in [5, 5.41) is 10.4. The van der Waals surface area contributed by atoms with E-state index in [1.807, 2.05) is 32.2 Å². The number of aliphatic imine (C=N–C) groups is 1. The fraction of sp³-hybridized carbons (Fsp3) is 0.190. The molecule has 0 aromatic carbocycles. The third kappa shape index (κ3) is 4.04. The second kappa shape index (κ2) is 8.16. The molecule has 0 saturated heterocycles. The smallest absolute Gasteiger partial charge is 0.247 e. The first kappa shape index (κ1) is 19.3. The number of rotatable bonds is 5. The molecule has 0 atom stereocenters. The zero-order valence-electron chi connectivity index (χ0n) is 16.8. The van der Waals surface area contributed by atoms with Crippen LogP contribution in [0, 0.1) is 13.8 Å². The van der Waals surface area contributed by atoms with Crippen molar-refractivity contribution in [3.63, 3.8) is 0 Å². The number of nitrogen functional groups attached to an aromatic ring is 1. The summed E-state index contributed by atoms with van der Waals surface area (Å²) in [4.78, 5) is 25.2. The number of aromatic nitrogens is 4. The van der Waals surface area contributed by atoms with Crippen LogP contribution >= 0.6 is 0 Å². The molecule has 0 unspecified atom stereocenters. The number of aryl methyl sites for hydroxylation is 1. The van der Waals surface area contributed by atoms with Gasteiger partial charge in [0.1, 0.15) is 18.2 Å². The Hall–Kier alpha value is -4.01. The zero-order chi connectivity index (χ0) is 21.1. The van der Waals surface area contributed by atoms with Gasteiger partial charge in [0, 0.05) is 48.2 Å². The van der Waals surface area contributed by atoms with E-state index < -0.39 is 0 Å². The van der Waals surface area contributed by atoms with E-state index in [4.69, 9.17) is 5.73 Å². The maximum atomic E-state index is 12.5. The van der Waals surface area contributed by atoms with Crippen LogP contribution < -0.4 is 16.4 Å². The molecule has 1 aliphatic rings. The number of nitrogens with one attached hydrogen (secondary N) is 2. The van der Waals surface area contributed by atoms with Gasteiger partial charge in [0.2, 0.25) is 5.91 Å². The van der Waals surface area contributed by atoms with Crippen LogP contribution in [0.3, 0.4) is 0 Å². The molecule has 0 spiro atoms. The van der Waals surface area contributed by atoms with Crippen molar-refractivity contribution < 1.29 is 4.79 Å². The summed E-state index contributed by atoms with van der Waals surface area (Å²) in [6.45, 7) is 4.63. The van der Waals surface area contributed by atoms with E-state index in [0.717, 1.165) is 33.8 Å². The first-order valence-electron chi connectivity index (χ1n) is 9.49. The predicted octanol–water partition coefficient (Wildman–Crippen LogP) is 2.15. The lowest BCUT2D eigenvalue weighted by Crippen LogP contribution is -2.21. The SMILES string of the molecule is Cc1nn(CC(=O)Nc2ccc(C3=CNCC=N3)cn2)c(C)c1-c1ccnc(N)c1. The number of carbonyl (C=O) groups is 1. The van der Waals surface area contributed by atoms with Crippen LogP contribution in [0.1, 0.15) is 17.0 Å². The third-order valence-electron chi connectivity index (χ3n) is 4.75. The Labute approximate surface area is 173 Å². The van der Waals surface area contributed by atoms with E-state index in [2.05, 4.69) is 30.7 Å². The van der Waals surface area contributed by atoms with E-state index in [0.29, 0.717) is 18.2 Å². The molecule has 152 valence electrons. The average molecular weight is 402 g/mol. The predicted molar refractivity (Wildman–Crippen MR) is 117 cm³/mol. The summed E-state index contributed by atoms with van der Waals surface area (Å²) in [7, 11) is 0. The maximum absolute atomic E-state index is 12.5. The highest BCUT2D eigenvalue weighted by molar-refractivity contribution is 5.90. The van der Waals surface area contributed by atoms with Gasteiger partial charge in [-0.25, -0.2) is 9.97 Å². The number of hydrogen-bond donors (Lipinski definition) is 3. The number of nitrogens with zero attached hydrogens (tertiary/aromatic N) is 5. The molecular weight excluding hydrogens is 380 g/mol. The molecule has 30 heavy (non-hydrogen) atoms. The molecule has 4 N–H and O–H groups in total. The van der Waals surface area contributed by atoms with Gasteiger partial charge in [0.15, 0.2) is 0 Å². The van der Waals surface area contributed by atoms with Crippen molar-refractivity contribution in [2.75, 3.05) is 17.6 Å². The fourth-order valence-corrected chi connectivity index (χ4v) is 3.36. The largest absolute Gasteiger partial charge is 0.384 e. The molecule has 3 aromatic heterocycles. The van der Waals surface area contributed by atoms with Gasteiger partial charge in [0.05, 0.1) is 11.4 Å². The Morgan fingerprint density at radius 2 is 2.10 bits per heavy atom. The minimum atomic E-state index is -0.210. The van der Waals surface area contributed by atoms with Crippen molar-refractivity contribution >= 4 is 29.5 Å². The van der Waals surface area contributed by atoms with Crippen molar-refractivity contribution in [2.24, 2.45) is 4.99 Å². The van der Waals surface area contributed by atoms with Crippen molar-refractivity contribution in [3.05, 3.63) is 59.8 Å². The molecule has 4 rings (SSSR count). The Bertz CT molecular complexity index is 1140. The molecule has 3 aromatic rings. The highest BCUT2D eigenvalue weighted by Crippen LogP contribution is 2.27. The fourth-order valence-electron chi connectivity index (χ4n) is 3.36. The average Bonchev–Trinajstić information content (AvgIpc) is 3.02. The molecule has 9 heteroatoms. The molecule has 1 amide bonds. The molecule has 1 aliphatic heterocycles. The highest BCUT2D eigenvalue weighted by atomic mass is 16.2. The van der Waals surface area contributed by atoms with Crippen LogP contribution in [0.25, 0.3) is 16.8 Å². The molecule has 0 bridgehead atoms. The van der Waals surface area contributed by atoms with Crippen LogP contribution in [0.4, 0.5) is 11.6 Å². The van der Waals surface area contributed by atoms with Gasteiger partial charge < -0.3 is 16.4 Å². The van der Waals surface area contributed by atoms with Gasteiger partial charge in [-0.05, 0) is 43.7 Å². The number of pyridine rings is 2. The number of anilines is 2. The Morgan fingerprint density at radius 3 is 2.80 bits per heavy atom. The van der Waals surface area contributed by atoms with Crippen LogP contribution in [-0.2, 0) is 11.3 Å². The lowest BCUT2D eigenvalue weighted by molar-refractivity contribution is -0.117. The molecular formula is C21H22N8O. The molecule has 0 radical (unpaired) electrons. The van der Waals surface area contributed by atoms with Gasteiger partial charge >= 0.3 is 0 Å². The summed E-state index contributed by atoms with van der Waals surface area (Å²) in [5.41, 5.74) is 11.1.